The highest BCUT2D eigenvalue weighted by molar-refractivity contribution is 5.95. The maximum atomic E-state index is 12.3. The molecule has 1 saturated heterocycles. The lowest BCUT2D eigenvalue weighted by Gasteiger charge is -2.31. The Morgan fingerprint density at radius 1 is 1.17 bits per heavy atom. The first-order chi connectivity index (χ1) is 11.7. The summed E-state index contributed by atoms with van der Waals surface area (Å²) in [7, 11) is 0. The third kappa shape index (κ3) is 3.17. The smallest absolute Gasteiger partial charge is 0.228 e. The first-order valence-electron chi connectivity index (χ1n) is 8.58. The first-order valence-corrected chi connectivity index (χ1v) is 8.58. The summed E-state index contributed by atoms with van der Waals surface area (Å²) in [5, 5.41) is 12.6. The molecule has 126 valence electrons. The molecule has 2 fully saturated rings. The Morgan fingerprint density at radius 3 is 2.58 bits per heavy atom. The molecule has 0 radical (unpaired) electrons. The van der Waals surface area contributed by atoms with Gasteiger partial charge in [-0.3, -0.25) is 4.79 Å². The molecule has 1 amide bonds. The van der Waals surface area contributed by atoms with E-state index in [9.17, 15) is 9.90 Å². The van der Waals surface area contributed by atoms with E-state index in [-0.39, 0.29) is 23.8 Å². The second-order valence-electron chi connectivity index (χ2n) is 6.72. The Balaban J connectivity index is 1.33. The van der Waals surface area contributed by atoms with Gasteiger partial charge in [-0.15, -0.1) is 0 Å². The van der Waals surface area contributed by atoms with Gasteiger partial charge in [0.2, 0.25) is 5.91 Å². The number of rotatable bonds is 4. The van der Waals surface area contributed by atoms with E-state index in [1.807, 2.05) is 36.4 Å². The number of anilines is 2. The van der Waals surface area contributed by atoms with Gasteiger partial charge in [0.25, 0.3) is 0 Å². The molecule has 4 rings (SSSR count). The van der Waals surface area contributed by atoms with Gasteiger partial charge in [-0.1, -0.05) is 0 Å². The zero-order valence-electron chi connectivity index (χ0n) is 13.5. The lowest BCUT2D eigenvalue weighted by molar-refractivity contribution is -0.117. The Bertz CT molecular complexity index is 688. The van der Waals surface area contributed by atoms with Crippen LogP contribution in [0.5, 0.6) is 0 Å². The second kappa shape index (κ2) is 6.32. The van der Waals surface area contributed by atoms with Crippen molar-refractivity contribution in [3.8, 4) is 0 Å². The summed E-state index contributed by atoms with van der Waals surface area (Å²) in [6.45, 7) is 1.75. The maximum absolute atomic E-state index is 12.3. The number of amides is 1. The average molecular weight is 326 g/mol. The highest BCUT2D eigenvalue weighted by Crippen LogP contribution is 2.48. The van der Waals surface area contributed by atoms with E-state index in [2.05, 4.69) is 10.2 Å². The molecule has 1 aliphatic heterocycles. The van der Waals surface area contributed by atoms with Gasteiger partial charge in [-0.25, -0.2) is 0 Å². The largest absolute Gasteiger partial charge is 0.469 e. The molecule has 5 heteroatoms. The zero-order chi connectivity index (χ0) is 16.5. The molecule has 5 nitrogen and oxygen atoms in total. The Labute approximate surface area is 141 Å². The van der Waals surface area contributed by atoms with Gasteiger partial charge in [0.15, 0.2) is 0 Å². The van der Waals surface area contributed by atoms with E-state index < -0.39 is 0 Å². The van der Waals surface area contributed by atoms with E-state index in [4.69, 9.17) is 4.42 Å². The van der Waals surface area contributed by atoms with Crippen LogP contribution in [0.2, 0.25) is 0 Å². The Hall–Kier alpha value is -2.27. The molecule has 0 spiro atoms. The van der Waals surface area contributed by atoms with Crippen LogP contribution in [0.3, 0.4) is 0 Å². The van der Waals surface area contributed by atoms with Gasteiger partial charge in [0.05, 0.1) is 12.4 Å². The fourth-order valence-electron chi connectivity index (χ4n) is 3.42. The monoisotopic (exact) mass is 326 g/mol. The number of hydrogen-bond acceptors (Lipinski definition) is 4. The Morgan fingerprint density at radius 2 is 1.92 bits per heavy atom. The Kier molecular flexibility index (Phi) is 4.02. The van der Waals surface area contributed by atoms with Crippen molar-refractivity contribution in [3.05, 3.63) is 48.4 Å². The van der Waals surface area contributed by atoms with Gasteiger partial charge in [0, 0.05) is 36.3 Å². The lowest BCUT2D eigenvalue weighted by atomic mass is 10.1. The fraction of sp³-hybridized carbons (Fsp3) is 0.421. The molecule has 1 aromatic carbocycles. The van der Waals surface area contributed by atoms with Crippen molar-refractivity contribution in [1.29, 1.82) is 0 Å². The second-order valence-corrected chi connectivity index (χ2v) is 6.72. The van der Waals surface area contributed by atoms with Crippen molar-refractivity contribution in [2.24, 2.45) is 5.92 Å². The average Bonchev–Trinajstić information content (AvgIpc) is 3.22. The zero-order valence-corrected chi connectivity index (χ0v) is 13.5. The summed E-state index contributed by atoms with van der Waals surface area (Å²) in [6.07, 6.45) is 3.97. The molecule has 1 aromatic heterocycles. The van der Waals surface area contributed by atoms with Gasteiger partial charge in [-0.2, -0.15) is 0 Å². The number of piperidine rings is 1. The van der Waals surface area contributed by atoms with E-state index in [0.717, 1.165) is 49.5 Å². The van der Waals surface area contributed by atoms with Crippen LogP contribution < -0.4 is 10.2 Å². The van der Waals surface area contributed by atoms with E-state index >= 15 is 0 Å². The van der Waals surface area contributed by atoms with Crippen LogP contribution in [0.15, 0.2) is 47.1 Å². The minimum absolute atomic E-state index is 0.0133. The number of aliphatic hydroxyl groups is 1. The number of aliphatic hydroxyl groups excluding tert-OH is 1. The first kappa shape index (κ1) is 15.3. The number of furan rings is 1. The van der Waals surface area contributed by atoms with E-state index in [1.165, 1.54) is 0 Å². The summed E-state index contributed by atoms with van der Waals surface area (Å²) >= 11 is 0. The van der Waals surface area contributed by atoms with Crippen LogP contribution in [-0.2, 0) is 4.79 Å². The molecule has 2 aromatic rings. The summed E-state index contributed by atoms with van der Waals surface area (Å²) in [6, 6.07) is 11.8. The molecule has 2 heterocycles. The predicted molar refractivity (Wildman–Crippen MR) is 92.1 cm³/mol. The summed E-state index contributed by atoms with van der Waals surface area (Å²) < 4.78 is 5.38. The van der Waals surface area contributed by atoms with Gasteiger partial charge in [-0.05, 0) is 55.7 Å². The van der Waals surface area contributed by atoms with Crippen molar-refractivity contribution in [1.82, 2.24) is 0 Å². The maximum Gasteiger partial charge on any atom is 0.228 e. The topological polar surface area (TPSA) is 65.7 Å². The molecule has 1 aliphatic carbocycles. The summed E-state index contributed by atoms with van der Waals surface area (Å²) in [5.41, 5.74) is 1.96. The third-order valence-electron chi connectivity index (χ3n) is 5.00. The highest BCUT2D eigenvalue weighted by Gasteiger charge is 2.45. The minimum Gasteiger partial charge on any atom is -0.469 e. The number of nitrogens with one attached hydrogen (secondary N) is 1. The number of benzene rings is 1. The van der Waals surface area contributed by atoms with E-state index in [1.54, 1.807) is 6.26 Å². The fourth-order valence-corrected chi connectivity index (χ4v) is 3.42. The molecule has 0 unspecified atom stereocenters. The summed E-state index contributed by atoms with van der Waals surface area (Å²) in [5.74, 6) is 1.20. The van der Waals surface area contributed by atoms with Crippen LogP contribution in [0.4, 0.5) is 11.4 Å². The van der Waals surface area contributed by atoms with Crippen LogP contribution in [0.1, 0.15) is 30.9 Å². The van der Waals surface area contributed by atoms with Crippen LogP contribution >= 0.6 is 0 Å². The third-order valence-corrected chi connectivity index (χ3v) is 5.00. The molecule has 2 aliphatic rings. The molecular weight excluding hydrogens is 304 g/mol. The number of carbonyl (C=O) groups excluding carboxylic acids is 1. The SMILES string of the molecule is O=C(Nc1ccc(N2CCC(O)CC2)cc1)[C@@H]1C[C@@H]1c1ccco1. The van der Waals surface area contributed by atoms with Crippen LogP contribution in [0.25, 0.3) is 0 Å². The van der Waals surface area contributed by atoms with Gasteiger partial charge < -0.3 is 19.7 Å². The molecule has 24 heavy (non-hydrogen) atoms. The van der Waals surface area contributed by atoms with Gasteiger partial charge in [0.1, 0.15) is 5.76 Å². The van der Waals surface area contributed by atoms with Crippen molar-refractivity contribution < 1.29 is 14.3 Å². The molecule has 1 saturated carbocycles. The summed E-state index contributed by atoms with van der Waals surface area (Å²) in [4.78, 5) is 14.6. The minimum atomic E-state index is -0.166. The van der Waals surface area contributed by atoms with E-state index in [0.29, 0.717) is 0 Å². The van der Waals surface area contributed by atoms with Crippen LogP contribution in [-0.4, -0.2) is 30.2 Å². The lowest BCUT2D eigenvalue weighted by Crippen LogP contribution is -2.35. The number of hydrogen-bond donors (Lipinski definition) is 2. The molecule has 2 atom stereocenters. The van der Waals surface area contributed by atoms with Crippen molar-refractivity contribution in [2.45, 2.75) is 31.3 Å². The van der Waals surface area contributed by atoms with Crippen molar-refractivity contribution in [3.63, 3.8) is 0 Å². The predicted octanol–water partition coefficient (Wildman–Crippen LogP) is 2.98. The molecular formula is C19H22N2O3. The van der Waals surface area contributed by atoms with Crippen molar-refractivity contribution >= 4 is 17.3 Å². The van der Waals surface area contributed by atoms with Gasteiger partial charge >= 0.3 is 0 Å². The van der Waals surface area contributed by atoms with Crippen LogP contribution in [0, 0.1) is 5.92 Å². The molecule has 0 bridgehead atoms. The highest BCUT2D eigenvalue weighted by atomic mass is 16.3. The quantitative estimate of drug-likeness (QED) is 0.906. The normalized spacial score (nSPS) is 24.0. The molecule has 2 N–H and O–H groups in total. The van der Waals surface area contributed by atoms with Crippen molar-refractivity contribution in [2.75, 3.05) is 23.3 Å². The number of carbonyl (C=O) groups is 1. The number of nitrogens with zero attached hydrogens (tertiary/aromatic N) is 1. The standard InChI is InChI=1S/C19H22N2O3/c22-15-7-9-21(10-8-15)14-5-3-13(4-6-14)20-19(23)17-12-16(17)18-2-1-11-24-18/h1-6,11,15-17,22H,7-10,12H2,(H,20,23)/t16-,17+/m0/s1.